The predicted molar refractivity (Wildman–Crippen MR) is 104 cm³/mol. The molecule has 1 aliphatic carbocycles. The molecule has 0 aromatic heterocycles. The maximum Gasteiger partial charge on any atom is 0.234 e. The fraction of sp³-hybridized carbons (Fsp3) is 0.619. The van der Waals surface area contributed by atoms with Gasteiger partial charge in [0.25, 0.3) is 0 Å². The highest BCUT2D eigenvalue weighted by molar-refractivity contribution is 5.78. The second-order valence-corrected chi connectivity index (χ2v) is 7.71. The summed E-state index contributed by atoms with van der Waals surface area (Å²) < 4.78 is 13.1. The topological polar surface area (TPSA) is 59.4 Å². The number of rotatable bonds is 6. The zero-order valence-electron chi connectivity index (χ0n) is 15.9. The fourth-order valence-corrected chi connectivity index (χ4v) is 4.19. The van der Waals surface area contributed by atoms with Gasteiger partial charge >= 0.3 is 0 Å². The van der Waals surface area contributed by atoms with Crippen LogP contribution in [0.3, 0.4) is 0 Å². The molecule has 1 saturated carbocycles. The monoisotopic (exact) mass is 372 g/mol. The molecule has 1 amide bonds. The Bertz CT molecular complexity index is 641. The number of nitrogens with one attached hydrogen (secondary N) is 1. The lowest BCUT2D eigenvalue weighted by Crippen LogP contribution is -2.47. The van der Waals surface area contributed by atoms with Crippen molar-refractivity contribution in [3.05, 3.63) is 30.1 Å². The third kappa shape index (κ3) is 5.93. The maximum atomic E-state index is 13.1. The number of hydrogen-bond acceptors (Lipinski definition) is 4. The van der Waals surface area contributed by atoms with E-state index in [2.05, 4.69) is 15.1 Å². The van der Waals surface area contributed by atoms with Gasteiger partial charge in [-0.25, -0.2) is 4.39 Å². The molecule has 0 radical (unpaired) electrons. The van der Waals surface area contributed by atoms with E-state index < -0.39 is 0 Å². The standard InChI is InChI=1S/C21H29FN4O/c22-18-3-7-20(8-4-18)26-15-13-25(14-16-26)12-10-17-1-5-19(6-2-17)24-21(27)9-11-23/h3-4,7-8,17,19H,1-2,5-6,9-10,12-16H2,(H,24,27)/t17-,19-. The van der Waals surface area contributed by atoms with Gasteiger partial charge in [-0.15, -0.1) is 0 Å². The number of benzene rings is 1. The van der Waals surface area contributed by atoms with Gasteiger partial charge in [0.2, 0.25) is 5.91 Å². The third-order valence-electron chi connectivity index (χ3n) is 5.87. The van der Waals surface area contributed by atoms with E-state index in [0.29, 0.717) is 0 Å². The number of carbonyl (C=O) groups is 1. The second-order valence-electron chi connectivity index (χ2n) is 7.71. The van der Waals surface area contributed by atoms with E-state index in [1.807, 2.05) is 18.2 Å². The smallest absolute Gasteiger partial charge is 0.234 e. The van der Waals surface area contributed by atoms with Crippen molar-refractivity contribution in [1.29, 1.82) is 5.26 Å². The first-order valence-corrected chi connectivity index (χ1v) is 10.0. The Kier molecular flexibility index (Phi) is 7.05. The third-order valence-corrected chi connectivity index (χ3v) is 5.87. The van der Waals surface area contributed by atoms with Gasteiger partial charge < -0.3 is 10.2 Å². The molecule has 1 aromatic rings. The lowest BCUT2D eigenvalue weighted by atomic mass is 9.84. The van der Waals surface area contributed by atoms with Gasteiger partial charge in [-0.1, -0.05) is 0 Å². The summed E-state index contributed by atoms with van der Waals surface area (Å²) in [6, 6.07) is 8.93. The van der Waals surface area contributed by atoms with Crippen molar-refractivity contribution in [3.63, 3.8) is 0 Å². The minimum atomic E-state index is -0.184. The summed E-state index contributed by atoms with van der Waals surface area (Å²) in [6.07, 6.45) is 5.56. The van der Waals surface area contributed by atoms with Crippen LogP contribution in [0.5, 0.6) is 0 Å². The highest BCUT2D eigenvalue weighted by Gasteiger charge is 2.24. The van der Waals surface area contributed by atoms with Crippen LogP contribution in [0, 0.1) is 23.1 Å². The molecule has 2 aliphatic rings. The molecule has 1 heterocycles. The summed E-state index contributed by atoms with van der Waals surface area (Å²) in [5.41, 5.74) is 1.10. The van der Waals surface area contributed by atoms with E-state index >= 15 is 0 Å². The lowest BCUT2D eigenvalue weighted by Gasteiger charge is -2.37. The van der Waals surface area contributed by atoms with Crippen molar-refractivity contribution in [1.82, 2.24) is 10.2 Å². The van der Waals surface area contributed by atoms with Crippen molar-refractivity contribution in [2.45, 2.75) is 44.6 Å². The minimum Gasteiger partial charge on any atom is -0.369 e. The SMILES string of the molecule is N#CCC(=O)N[C@H]1CC[C@H](CCN2CCN(c3ccc(F)cc3)CC2)CC1. The van der Waals surface area contributed by atoms with E-state index in [1.54, 1.807) is 0 Å². The van der Waals surface area contributed by atoms with Crippen molar-refractivity contribution in [2.24, 2.45) is 5.92 Å². The average molecular weight is 372 g/mol. The molecule has 0 spiro atoms. The van der Waals surface area contributed by atoms with Crippen LogP contribution in [0.25, 0.3) is 0 Å². The Labute approximate surface area is 161 Å². The number of carbonyl (C=O) groups excluding carboxylic acids is 1. The lowest BCUT2D eigenvalue weighted by molar-refractivity contribution is -0.121. The first kappa shape index (κ1) is 19.6. The molecule has 27 heavy (non-hydrogen) atoms. The number of nitrogens with zero attached hydrogens (tertiary/aromatic N) is 3. The number of nitriles is 1. The molecule has 1 aliphatic heterocycles. The molecule has 5 nitrogen and oxygen atoms in total. The van der Waals surface area contributed by atoms with Crippen molar-refractivity contribution >= 4 is 11.6 Å². The fourth-order valence-electron chi connectivity index (χ4n) is 4.19. The number of piperazine rings is 1. The zero-order valence-corrected chi connectivity index (χ0v) is 15.9. The molecular formula is C21H29FN4O. The molecular weight excluding hydrogens is 343 g/mol. The Morgan fingerprint density at radius 1 is 1.11 bits per heavy atom. The van der Waals surface area contributed by atoms with Crippen LogP contribution in [0.2, 0.25) is 0 Å². The molecule has 0 unspecified atom stereocenters. The molecule has 1 aromatic carbocycles. The van der Waals surface area contributed by atoms with Gasteiger partial charge in [0.1, 0.15) is 12.2 Å². The van der Waals surface area contributed by atoms with Crippen LogP contribution < -0.4 is 10.2 Å². The summed E-state index contributed by atoms with van der Waals surface area (Å²) in [7, 11) is 0. The van der Waals surface area contributed by atoms with Crippen LogP contribution in [0.15, 0.2) is 24.3 Å². The number of amides is 1. The number of halogens is 1. The largest absolute Gasteiger partial charge is 0.369 e. The molecule has 1 N–H and O–H groups in total. The summed E-state index contributed by atoms with van der Waals surface area (Å²) >= 11 is 0. The van der Waals surface area contributed by atoms with E-state index in [1.165, 1.54) is 18.6 Å². The maximum absolute atomic E-state index is 13.1. The molecule has 3 rings (SSSR count). The first-order valence-electron chi connectivity index (χ1n) is 10.0. The molecule has 146 valence electrons. The molecule has 0 atom stereocenters. The molecule has 2 fully saturated rings. The van der Waals surface area contributed by atoms with Gasteiger partial charge in [0, 0.05) is 37.9 Å². The molecule has 6 heteroatoms. The highest BCUT2D eigenvalue weighted by atomic mass is 19.1. The van der Waals surface area contributed by atoms with Crippen LogP contribution in [0.4, 0.5) is 10.1 Å². The minimum absolute atomic E-state index is 0.0379. The van der Waals surface area contributed by atoms with Gasteiger partial charge in [-0.05, 0) is 68.8 Å². The van der Waals surface area contributed by atoms with E-state index in [9.17, 15) is 9.18 Å². The Morgan fingerprint density at radius 3 is 2.41 bits per heavy atom. The molecule has 1 saturated heterocycles. The van der Waals surface area contributed by atoms with Gasteiger partial charge in [-0.2, -0.15) is 5.26 Å². The van der Waals surface area contributed by atoms with Crippen LogP contribution in [-0.2, 0) is 4.79 Å². The van der Waals surface area contributed by atoms with Crippen LogP contribution >= 0.6 is 0 Å². The zero-order chi connectivity index (χ0) is 19.1. The Morgan fingerprint density at radius 2 is 1.78 bits per heavy atom. The normalized spacial score (nSPS) is 23.6. The predicted octanol–water partition coefficient (Wildman–Crippen LogP) is 2.93. The number of hydrogen-bond donors (Lipinski definition) is 1. The van der Waals surface area contributed by atoms with Crippen LogP contribution in [0.1, 0.15) is 38.5 Å². The first-order chi connectivity index (χ1) is 13.1. The second kappa shape index (κ2) is 9.70. The van der Waals surface area contributed by atoms with E-state index in [0.717, 1.165) is 70.0 Å². The van der Waals surface area contributed by atoms with Gasteiger partial charge in [0.15, 0.2) is 0 Å². The Hall–Kier alpha value is -2.13. The quantitative estimate of drug-likeness (QED) is 0.834. The highest BCUT2D eigenvalue weighted by Crippen LogP contribution is 2.27. The average Bonchev–Trinajstić information content (AvgIpc) is 2.69. The summed E-state index contributed by atoms with van der Waals surface area (Å²) in [4.78, 5) is 16.4. The van der Waals surface area contributed by atoms with Gasteiger partial charge in [0.05, 0.1) is 6.07 Å². The Balaban J connectivity index is 1.32. The van der Waals surface area contributed by atoms with E-state index in [-0.39, 0.29) is 24.2 Å². The van der Waals surface area contributed by atoms with Crippen molar-refractivity contribution < 1.29 is 9.18 Å². The van der Waals surface area contributed by atoms with Crippen molar-refractivity contribution in [2.75, 3.05) is 37.6 Å². The van der Waals surface area contributed by atoms with Gasteiger partial charge in [-0.3, -0.25) is 9.69 Å². The summed E-state index contributed by atoms with van der Waals surface area (Å²) in [5, 5.41) is 11.5. The summed E-state index contributed by atoms with van der Waals surface area (Å²) in [5.74, 6) is 0.418. The van der Waals surface area contributed by atoms with Crippen LogP contribution in [-0.4, -0.2) is 49.6 Å². The molecule has 0 bridgehead atoms. The number of anilines is 1. The summed E-state index contributed by atoms with van der Waals surface area (Å²) in [6.45, 7) is 5.22. The van der Waals surface area contributed by atoms with E-state index in [4.69, 9.17) is 5.26 Å². The van der Waals surface area contributed by atoms with Crippen molar-refractivity contribution in [3.8, 4) is 6.07 Å².